The van der Waals surface area contributed by atoms with E-state index in [1.807, 2.05) is 6.07 Å². The Bertz CT molecular complexity index is 778. The van der Waals surface area contributed by atoms with Crippen LogP contribution in [0.3, 0.4) is 0 Å². The van der Waals surface area contributed by atoms with Crippen molar-refractivity contribution in [1.82, 2.24) is 0 Å². The monoisotopic (exact) mass is 340 g/mol. The van der Waals surface area contributed by atoms with E-state index in [2.05, 4.69) is 0 Å². The molecular weight excluding hydrogens is 320 g/mol. The van der Waals surface area contributed by atoms with Crippen molar-refractivity contribution in [3.63, 3.8) is 0 Å². The molecule has 130 valence electrons. The number of esters is 1. The lowest BCUT2D eigenvalue weighted by Crippen LogP contribution is -2.09. The van der Waals surface area contributed by atoms with Crippen molar-refractivity contribution in [3.05, 3.63) is 77.1 Å². The quantitative estimate of drug-likeness (QED) is 0.265. The minimum atomic E-state index is -0.755. The summed E-state index contributed by atoms with van der Waals surface area (Å²) in [6.07, 6.45) is 2.37. The zero-order chi connectivity index (χ0) is 18.2. The van der Waals surface area contributed by atoms with Crippen molar-refractivity contribution < 1.29 is 24.5 Å². The van der Waals surface area contributed by atoms with Gasteiger partial charge in [0.2, 0.25) is 0 Å². The van der Waals surface area contributed by atoms with E-state index in [9.17, 15) is 19.8 Å². The maximum absolute atomic E-state index is 12.4. The molecule has 5 heteroatoms. The highest BCUT2D eigenvalue weighted by Crippen LogP contribution is 2.22. The summed E-state index contributed by atoms with van der Waals surface area (Å²) in [6, 6.07) is 13.7. The molecule has 2 N–H and O–H groups in total. The molecule has 0 aliphatic rings. The molecule has 0 heterocycles. The van der Waals surface area contributed by atoms with E-state index < -0.39 is 11.7 Å². The van der Waals surface area contributed by atoms with E-state index in [0.29, 0.717) is 18.4 Å². The van der Waals surface area contributed by atoms with Crippen LogP contribution < -0.4 is 0 Å². The fraction of sp³-hybridized carbons (Fsp3) is 0.200. The van der Waals surface area contributed by atoms with Gasteiger partial charge in [-0.3, -0.25) is 4.79 Å². The molecule has 0 bridgehead atoms. The minimum absolute atomic E-state index is 0.0742. The van der Waals surface area contributed by atoms with Crippen LogP contribution in [-0.2, 0) is 16.0 Å². The Morgan fingerprint density at radius 2 is 1.84 bits per heavy atom. The molecule has 5 nitrogen and oxygen atoms in total. The zero-order valence-corrected chi connectivity index (χ0v) is 13.9. The summed E-state index contributed by atoms with van der Waals surface area (Å²) in [7, 11) is 0. The van der Waals surface area contributed by atoms with Crippen molar-refractivity contribution in [1.29, 1.82) is 0 Å². The molecule has 0 saturated carbocycles. The third-order valence-electron chi connectivity index (χ3n) is 3.67. The highest BCUT2D eigenvalue weighted by molar-refractivity contribution is 6.10. The number of aryl methyl sites for hydroxylation is 1. The Balaban J connectivity index is 1.94. The van der Waals surface area contributed by atoms with Gasteiger partial charge in [0.15, 0.2) is 11.5 Å². The van der Waals surface area contributed by atoms with Gasteiger partial charge < -0.3 is 14.9 Å². The van der Waals surface area contributed by atoms with E-state index in [-0.39, 0.29) is 23.7 Å². The summed E-state index contributed by atoms with van der Waals surface area (Å²) in [5.41, 5.74) is 1.59. The molecule has 2 aromatic carbocycles. The lowest BCUT2D eigenvalue weighted by atomic mass is 9.99. The number of benzene rings is 2. The lowest BCUT2D eigenvalue weighted by molar-refractivity contribution is -0.142. The Morgan fingerprint density at radius 3 is 2.48 bits per heavy atom. The van der Waals surface area contributed by atoms with Gasteiger partial charge in [-0.15, -0.1) is 0 Å². The summed E-state index contributed by atoms with van der Waals surface area (Å²) in [5, 5.41) is 19.3. The molecule has 2 aromatic rings. The van der Waals surface area contributed by atoms with Crippen LogP contribution in [0.25, 0.3) is 0 Å². The molecular formula is C20H20O5. The fourth-order valence-electron chi connectivity index (χ4n) is 2.30. The van der Waals surface area contributed by atoms with Gasteiger partial charge in [0, 0.05) is 5.56 Å². The molecule has 0 aromatic heterocycles. The van der Waals surface area contributed by atoms with Gasteiger partial charge in [-0.25, -0.2) is 4.79 Å². The molecule has 0 fully saturated rings. The van der Waals surface area contributed by atoms with Crippen LogP contribution in [0.1, 0.15) is 34.8 Å². The van der Waals surface area contributed by atoms with Gasteiger partial charge in [-0.2, -0.15) is 0 Å². The van der Waals surface area contributed by atoms with Crippen LogP contribution >= 0.6 is 0 Å². The Labute approximate surface area is 146 Å². The molecule has 0 atom stereocenters. The predicted octanol–water partition coefficient (Wildman–Crippen LogP) is 3.56. The molecule has 0 radical (unpaired) electrons. The van der Waals surface area contributed by atoms with Crippen molar-refractivity contribution in [2.45, 2.75) is 19.8 Å². The topological polar surface area (TPSA) is 83.8 Å². The van der Waals surface area contributed by atoms with Gasteiger partial charge in [-0.1, -0.05) is 36.4 Å². The number of phenols is 1. The molecule has 2 rings (SSSR count). The van der Waals surface area contributed by atoms with Crippen LogP contribution in [0.15, 0.2) is 60.4 Å². The van der Waals surface area contributed by atoms with E-state index in [4.69, 9.17) is 4.74 Å². The van der Waals surface area contributed by atoms with Crippen LogP contribution in [-0.4, -0.2) is 28.6 Å². The average molecular weight is 340 g/mol. The van der Waals surface area contributed by atoms with Crippen molar-refractivity contribution in [2.24, 2.45) is 0 Å². The van der Waals surface area contributed by atoms with Gasteiger partial charge >= 0.3 is 5.97 Å². The number of carbonyl (C=O) groups excluding carboxylic acids is 2. The number of aliphatic hydroxyl groups is 1. The molecule has 0 amide bonds. The zero-order valence-electron chi connectivity index (χ0n) is 13.9. The number of aromatic hydroxyl groups is 1. The summed E-state index contributed by atoms with van der Waals surface area (Å²) >= 11 is 0. The first-order valence-corrected chi connectivity index (χ1v) is 7.97. The molecule has 0 saturated heterocycles. The van der Waals surface area contributed by atoms with Crippen molar-refractivity contribution in [3.8, 4) is 5.75 Å². The molecule has 0 aliphatic heterocycles. The molecule has 25 heavy (non-hydrogen) atoms. The van der Waals surface area contributed by atoms with Crippen molar-refractivity contribution >= 4 is 11.8 Å². The minimum Gasteiger partial charge on any atom is -0.507 e. The maximum Gasteiger partial charge on any atom is 0.373 e. The van der Waals surface area contributed by atoms with Crippen LogP contribution in [0.5, 0.6) is 5.75 Å². The first-order chi connectivity index (χ1) is 12.0. The highest BCUT2D eigenvalue weighted by atomic mass is 16.5. The summed E-state index contributed by atoms with van der Waals surface area (Å²) in [6.45, 7) is 1.69. The molecule has 0 aliphatic carbocycles. The predicted molar refractivity (Wildman–Crippen MR) is 93.6 cm³/mol. The largest absolute Gasteiger partial charge is 0.507 e. The maximum atomic E-state index is 12.4. The summed E-state index contributed by atoms with van der Waals surface area (Å²) in [4.78, 5) is 23.6. The first-order valence-electron chi connectivity index (χ1n) is 7.97. The number of carbonyl (C=O) groups is 2. The second-order valence-corrected chi connectivity index (χ2v) is 5.46. The number of aliphatic hydroxyl groups excluding tert-OH is 1. The number of rotatable bonds is 7. The normalized spacial score (nSPS) is 11.2. The first kappa shape index (κ1) is 18.3. The SMILES string of the molecule is CC=C(O)C(=O)OCCCc1ccc(C(=O)c2ccccc2)c(O)c1. The van der Waals surface area contributed by atoms with Gasteiger partial charge in [0.25, 0.3) is 0 Å². The number of ether oxygens (including phenoxy) is 1. The Morgan fingerprint density at radius 1 is 1.12 bits per heavy atom. The van der Waals surface area contributed by atoms with Crippen LogP contribution in [0.2, 0.25) is 0 Å². The van der Waals surface area contributed by atoms with E-state index in [1.54, 1.807) is 42.5 Å². The Kier molecular flexibility index (Phi) is 6.34. The van der Waals surface area contributed by atoms with E-state index in [1.165, 1.54) is 13.0 Å². The van der Waals surface area contributed by atoms with Gasteiger partial charge in [0.1, 0.15) is 5.75 Å². The Hall–Kier alpha value is -3.08. The third kappa shape index (κ3) is 4.94. The standard InChI is InChI=1S/C20H20O5/c1-2-17(21)20(24)25-12-6-7-14-10-11-16(18(22)13-14)19(23)15-8-4-3-5-9-15/h2-5,8-11,13,21-22H,6-7,12H2,1H3. The second-order valence-electron chi connectivity index (χ2n) is 5.46. The summed E-state index contributed by atoms with van der Waals surface area (Å²) < 4.78 is 4.89. The smallest absolute Gasteiger partial charge is 0.373 e. The van der Waals surface area contributed by atoms with Crippen LogP contribution in [0.4, 0.5) is 0 Å². The van der Waals surface area contributed by atoms with Gasteiger partial charge in [0.05, 0.1) is 12.2 Å². The number of phenolic OH excluding ortho intramolecular Hbond substituents is 1. The molecule has 0 spiro atoms. The second kappa shape index (κ2) is 8.68. The number of hydrogen-bond acceptors (Lipinski definition) is 5. The van der Waals surface area contributed by atoms with Gasteiger partial charge in [-0.05, 0) is 43.5 Å². The number of allylic oxidation sites excluding steroid dienone is 1. The number of ketones is 1. The average Bonchev–Trinajstić information content (AvgIpc) is 2.64. The molecule has 0 unspecified atom stereocenters. The van der Waals surface area contributed by atoms with Crippen molar-refractivity contribution in [2.75, 3.05) is 6.61 Å². The number of hydrogen-bond donors (Lipinski definition) is 2. The highest BCUT2D eigenvalue weighted by Gasteiger charge is 2.13. The lowest BCUT2D eigenvalue weighted by Gasteiger charge is -2.08. The fourth-order valence-corrected chi connectivity index (χ4v) is 2.30. The van der Waals surface area contributed by atoms with E-state index in [0.717, 1.165) is 5.56 Å². The van der Waals surface area contributed by atoms with E-state index >= 15 is 0 Å². The van der Waals surface area contributed by atoms with Crippen LogP contribution in [0, 0.1) is 0 Å². The third-order valence-corrected chi connectivity index (χ3v) is 3.67. The summed E-state index contributed by atoms with van der Waals surface area (Å²) in [5.74, 6) is -1.48.